The third-order valence-electron chi connectivity index (χ3n) is 3.41. The van der Waals surface area contributed by atoms with Crippen molar-refractivity contribution in [3.63, 3.8) is 0 Å². The van der Waals surface area contributed by atoms with Gasteiger partial charge in [0.25, 0.3) is 0 Å². The predicted molar refractivity (Wildman–Crippen MR) is 93.1 cm³/mol. The van der Waals surface area contributed by atoms with Crippen LogP contribution in [0.25, 0.3) is 0 Å². The van der Waals surface area contributed by atoms with Gasteiger partial charge in [0.2, 0.25) is 0 Å². The van der Waals surface area contributed by atoms with Crippen molar-refractivity contribution in [3.05, 3.63) is 35.9 Å². The summed E-state index contributed by atoms with van der Waals surface area (Å²) in [5.41, 5.74) is 0.544. The molecule has 0 saturated heterocycles. The number of esters is 1. The lowest BCUT2D eigenvalue weighted by atomic mass is 9.98. The number of aliphatic hydroxyl groups excluding tert-OH is 1. The van der Waals surface area contributed by atoms with Crippen molar-refractivity contribution in [3.8, 4) is 0 Å². The Bertz CT molecular complexity index is 465. The van der Waals surface area contributed by atoms with Crippen LogP contribution >= 0.6 is 0 Å². The molecule has 0 saturated carbocycles. The fraction of sp³-hybridized carbons (Fsp3) is 0.632. The third kappa shape index (κ3) is 8.14. The Balaban J connectivity index is 2.75. The molecule has 0 spiro atoms. The van der Waals surface area contributed by atoms with E-state index in [4.69, 9.17) is 4.74 Å². The molecule has 0 heterocycles. The van der Waals surface area contributed by atoms with Gasteiger partial charge in [0.15, 0.2) is 0 Å². The van der Waals surface area contributed by atoms with Gasteiger partial charge in [0.05, 0.1) is 19.1 Å². The van der Waals surface area contributed by atoms with Crippen molar-refractivity contribution in [2.45, 2.75) is 65.1 Å². The number of rotatable bonds is 8. The second-order valence-electron chi connectivity index (χ2n) is 7.43. The van der Waals surface area contributed by atoms with E-state index in [0.717, 1.165) is 12.0 Å². The van der Waals surface area contributed by atoms with Crippen LogP contribution in [-0.2, 0) is 9.53 Å². The zero-order valence-electron chi connectivity index (χ0n) is 15.0. The molecule has 1 rings (SSSR count). The number of aliphatic hydroxyl groups is 1. The Labute approximate surface area is 140 Å². The summed E-state index contributed by atoms with van der Waals surface area (Å²) in [5, 5.41) is 13.1. The molecule has 0 fully saturated rings. The molecule has 0 aliphatic heterocycles. The van der Waals surface area contributed by atoms with Crippen LogP contribution in [0.2, 0.25) is 0 Å². The number of hydrogen-bond acceptors (Lipinski definition) is 4. The molecule has 0 bridgehead atoms. The molecular formula is C19H31NO3. The minimum absolute atomic E-state index is 0.00702. The first-order chi connectivity index (χ1) is 10.7. The molecular weight excluding hydrogens is 290 g/mol. The van der Waals surface area contributed by atoms with Gasteiger partial charge in [0.1, 0.15) is 5.60 Å². The highest BCUT2D eigenvalue weighted by atomic mass is 16.6. The van der Waals surface area contributed by atoms with Gasteiger partial charge >= 0.3 is 5.97 Å². The van der Waals surface area contributed by atoms with Crippen LogP contribution in [0.1, 0.15) is 59.1 Å². The summed E-state index contributed by atoms with van der Waals surface area (Å²) in [6.07, 6.45) is 1.15. The van der Waals surface area contributed by atoms with Gasteiger partial charge < -0.3 is 15.2 Å². The number of carbonyl (C=O) groups excluding carboxylic acids is 1. The molecule has 2 atom stereocenters. The highest BCUT2D eigenvalue weighted by Crippen LogP contribution is 2.18. The normalized spacial score (nSPS) is 14.6. The molecule has 1 aromatic rings. The van der Waals surface area contributed by atoms with E-state index in [1.165, 1.54) is 0 Å². The number of carbonyl (C=O) groups is 1. The topological polar surface area (TPSA) is 58.6 Å². The maximum atomic E-state index is 12.1. The van der Waals surface area contributed by atoms with Crippen LogP contribution in [-0.4, -0.2) is 29.3 Å². The fourth-order valence-corrected chi connectivity index (χ4v) is 2.59. The summed E-state index contributed by atoms with van der Waals surface area (Å²) >= 11 is 0. The Morgan fingerprint density at radius 1 is 1.22 bits per heavy atom. The highest BCUT2D eigenvalue weighted by molar-refractivity contribution is 5.70. The summed E-state index contributed by atoms with van der Waals surface area (Å²) < 4.78 is 5.43. The van der Waals surface area contributed by atoms with Crippen LogP contribution in [0.3, 0.4) is 0 Å². The first-order valence-electron chi connectivity index (χ1n) is 8.35. The monoisotopic (exact) mass is 321 g/mol. The Kier molecular flexibility index (Phi) is 7.73. The lowest BCUT2D eigenvalue weighted by Crippen LogP contribution is -2.38. The third-order valence-corrected chi connectivity index (χ3v) is 3.41. The average Bonchev–Trinajstić information content (AvgIpc) is 2.42. The van der Waals surface area contributed by atoms with E-state index in [0.29, 0.717) is 12.3 Å². The molecule has 4 heteroatoms. The minimum atomic E-state index is -0.477. The van der Waals surface area contributed by atoms with Gasteiger partial charge in [-0.05, 0) is 38.7 Å². The predicted octanol–water partition coefficient (Wildman–Crippen LogP) is 3.46. The van der Waals surface area contributed by atoms with E-state index in [9.17, 15) is 9.90 Å². The lowest BCUT2D eigenvalue weighted by Gasteiger charge is -2.27. The van der Waals surface area contributed by atoms with Gasteiger partial charge in [-0.3, -0.25) is 4.79 Å². The highest BCUT2D eigenvalue weighted by Gasteiger charge is 2.23. The smallest absolute Gasteiger partial charge is 0.307 e. The molecule has 130 valence electrons. The number of nitrogens with one attached hydrogen (secondary N) is 1. The number of benzene rings is 1. The van der Waals surface area contributed by atoms with Crippen LogP contribution < -0.4 is 5.32 Å². The maximum Gasteiger partial charge on any atom is 0.307 e. The molecule has 0 aliphatic rings. The Hall–Kier alpha value is -1.39. The van der Waals surface area contributed by atoms with Crippen LogP contribution in [0, 0.1) is 5.92 Å². The zero-order chi connectivity index (χ0) is 17.5. The quantitative estimate of drug-likeness (QED) is 0.720. The molecule has 23 heavy (non-hydrogen) atoms. The molecule has 0 amide bonds. The van der Waals surface area contributed by atoms with Gasteiger partial charge in [-0.25, -0.2) is 0 Å². The second-order valence-corrected chi connectivity index (χ2v) is 7.43. The van der Waals surface area contributed by atoms with Gasteiger partial charge in [-0.15, -0.1) is 0 Å². The summed E-state index contributed by atoms with van der Waals surface area (Å²) in [6, 6.07) is 9.60. The molecule has 0 radical (unpaired) electrons. The lowest BCUT2D eigenvalue weighted by molar-refractivity contribution is -0.155. The standard InChI is InChI=1S/C19H31NO3/c1-14(2)11-16(12-18(22)23-19(3,4)5)20-17(13-21)15-9-7-6-8-10-15/h6-10,14,16-17,20-21H,11-13H2,1-5H3/t16-,17-/m1/s1. The Morgan fingerprint density at radius 2 is 1.83 bits per heavy atom. The number of hydrogen-bond donors (Lipinski definition) is 2. The second kappa shape index (κ2) is 9.04. The Morgan fingerprint density at radius 3 is 2.30 bits per heavy atom. The van der Waals surface area contributed by atoms with Gasteiger partial charge in [0, 0.05) is 6.04 Å². The van der Waals surface area contributed by atoms with E-state index < -0.39 is 5.60 Å². The summed E-state index contributed by atoms with van der Waals surface area (Å²) in [6.45, 7) is 9.86. The average molecular weight is 321 g/mol. The van der Waals surface area contributed by atoms with E-state index in [1.54, 1.807) is 0 Å². The first-order valence-corrected chi connectivity index (χ1v) is 8.35. The van der Waals surface area contributed by atoms with E-state index in [-0.39, 0.29) is 24.7 Å². The van der Waals surface area contributed by atoms with E-state index in [1.807, 2.05) is 51.1 Å². The largest absolute Gasteiger partial charge is 0.460 e. The van der Waals surface area contributed by atoms with E-state index >= 15 is 0 Å². The summed E-state index contributed by atoms with van der Waals surface area (Å²) in [4.78, 5) is 12.1. The number of ether oxygens (including phenoxy) is 1. The van der Waals surface area contributed by atoms with Crippen molar-refractivity contribution < 1.29 is 14.6 Å². The SMILES string of the molecule is CC(C)C[C@H](CC(=O)OC(C)(C)C)N[C@H](CO)c1ccccc1. The van der Waals surface area contributed by atoms with Crippen LogP contribution in [0.15, 0.2) is 30.3 Å². The maximum absolute atomic E-state index is 12.1. The van der Waals surface area contributed by atoms with E-state index in [2.05, 4.69) is 19.2 Å². The summed E-state index contributed by atoms with van der Waals surface area (Å²) in [5.74, 6) is 0.241. The summed E-state index contributed by atoms with van der Waals surface area (Å²) in [7, 11) is 0. The molecule has 0 unspecified atom stereocenters. The van der Waals surface area contributed by atoms with Crippen molar-refractivity contribution in [1.29, 1.82) is 0 Å². The van der Waals surface area contributed by atoms with Crippen molar-refractivity contribution in [2.75, 3.05) is 6.61 Å². The molecule has 0 aromatic heterocycles. The van der Waals surface area contributed by atoms with Gasteiger partial charge in [-0.1, -0.05) is 44.2 Å². The van der Waals surface area contributed by atoms with Crippen molar-refractivity contribution in [1.82, 2.24) is 5.32 Å². The van der Waals surface area contributed by atoms with Crippen LogP contribution in [0.4, 0.5) is 0 Å². The van der Waals surface area contributed by atoms with Crippen molar-refractivity contribution in [2.24, 2.45) is 5.92 Å². The van der Waals surface area contributed by atoms with Gasteiger partial charge in [-0.2, -0.15) is 0 Å². The zero-order valence-corrected chi connectivity index (χ0v) is 15.0. The minimum Gasteiger partial charge on any atom is -0.460 e. The molecule has 0 aliphatic carbocycles. The molecule has 1 aromatic carbocycles. The molecule has 4 nitrogen and oxygen atoms in total. The van der Waals surface area contributed by atoms with Crippen molar-refractivity contribution >= 4 is 5.97 Å². The molecule has 2 N–H and O–H groups in total. The fourth-order valence-electron chi connectivity index (χ4n) is 2.59. The first kappa shape index (κ1) is 19.7. The van der Waals surface area contributed by atoms with Crippen LogP contribution in [0.5, 0.6) is 0 Å².